The monoisotopic (exact) mass is 492 g/mol. The van der Waals surface area contributed by atoms with Crippen LogP contribution in [-0.4, -0.2) is 48.1 Å². The van der Waals surface area contributed by atoms with E-state index in [0.717, 1.165) is 0 Å². The fourth-order valence-electron chi connectivity index (χ4n) is 3.97. The zero-order valence-corrected chi connectivity index (χ0v) is 20.7. The van der Waals surface area contributed by atoms with Gasteiger partial charge in [0.25, 0.3) is 5.91 Å². The fourth-order valence-corrected chi connectivity index (χ4v) is 3.97. The molecule has 0 fully saturated rings. The number of hydrogen-bond acceptors (Lipinski definition) is 6. The van der Waals surface area contributed by atoms with Crippen LogP contribution in [0.25, 0.3) is 16.9 Å². The Morgan fingerprint density at radius 3 is 2.81 bits per heavy atom. The van der Waals surface area contributed by atoms with Crippen molar-refractivity contribution in [1.29, 1.82) is 0 Å². The second-order valence-corrected chi connectivity index (χ2v) is 9.41. The van der Waals surface area contributed by atoms with E-state index in [4.69, 9.17) is 4.74 Å². The highest BCUT2D eigenvalue weighted by Gasteiger charge is 2.28. The lowest BCUT2D eigenvalue weighted by Crippen LogP contribution is -2.26. The number of carbonyl (C=O) groups is 1. The Morgan fingerprint density at radius 2 is 2.11 bits per heavy atom. The lowest BCUT2D eigenvalue weighted by atomic mass is 9.92. The SMILES string of the molecule is C=CCC(C)(F)c1ccc(OC)c(-c2nn(CC(C)(C)O)cc2NC(=O)c2cnn3cccnc23)c1. The molecule has 0 bridgehead atoms. The van der Waals surface area contributed by atoms with Gasteiger partial charge in [-0.2, -0.15) is 10.2 Å². The minimum atomic E-state index is -1.66. The van der Waals surface area contributed by atoms with Crippen LogP contribution in [0.1, 0.15) is 43.1 Å². The molecule has 3 aromatic heterocycles. The number of methoxy groups -OCH3 is 1. The fraction of sp³-hybridized carbons (Fsp3) is 0.308. The molecule has 0 spiro atoms. The number of amides is 1. The molecule has 1 unspecified atom stereocenters. The van der Waals surface area contributed by atoms with Crippen LogP contribution in [0.2, 0.25) is 0 Å². The van der Waals surface area contributed by atoms with Crippen molar-refractivity contribution in [1.82, 2.24) is 24.4 Å². The minimum Gasteiger partial charge on any atom is -0.496 e. The molecule has 2 N–H and O–H groups in total. The highest BCUT2D eigenvalue weighted by atomic mass is 19.1. The highest BCUT2D eigenvalue weighted by molar-refractivity contribution is 6.09. The maximum Gasteiger partial charge on any atom is 0.261 e. The summed E-state index contributed by atoms with van der Waals surface area (Å²) >= 11 is 0. The van der Waals surface area contributed by atoms with Gasteiger partial charge in [0.2, 0.25) is 0 Å². The van der Waals surface area contributed by atoms with Crippen molar-refractivity contribution < 1.29 is 19.0 Å². The van der Waals surface area contributed by atoms with Crippen molar-refractivity contribution in [2.45, 2.75) is 45.0 Å². The maximum absolute atomic E-state index is 15.4. The van der Waals surface area contributed by atoms with Crippen LogP contribution in [0.3, 0.4) is 0 Å². The van der Waals surface area contributed by atoms with E-state index in [1.807, 2.05) is 0 Å². The number of carbonyl (C=O) groups excluding carboxylic acids is 1. The molecule has 1 aromatic carbocycles. The number of rotatable bonds is 9. The molecule has 0 aliphatic rings. The van der Waals surface area contributed by atoms with Gasteiger partial charge in [-0.15, -0.1) is 6.58 Å². The van der Waals surface area contributed by atoms with Crippen molar-refractivity contribution in [3.05, 3.63) is 72.8 Å². The Bertz CT molecular complexity index is 1420. The molecule has 0 aliphatic heterocycles. The first kappa shape index (κ1) is 25.1. The average Bonchev–Trinajstić information content (AvgIpc) is 3.41. The van der Waals surface area contributed by atoms with Crippen molar-refractivity contribution in [2.24, 2.45) is 0 Å². The number of nitrogens with zero attached hydrogens (tertiary/aromatic N) is 5. The Labute approximate surface area is 208 Å². The predicted octanol–water partition coefficient (Wildman–Crippen LogP) is 4.39. The van der Waals surface area contributed by atoms with E-state index in [-0.39, 0.29) is 18.5 Å². The molecule has 9 nitrogen and oxygen atoms in total. The number of alkyl halides is 1. The molecule has 1 atom stereocenters. The molecular weight excluding hydrogens is 463 g/mol. The lowest BCUT2D eigenvalue weighted by Gasteiger charge is -2.21. The summed E-state index contributed by atoms with van der Waals surface area (Å²) in [6, 6.07) is 6.69. The zero-order valence-electron chi connectivity index (χ0n) is 20.7. The second-order valence-electron chi connectivity index (χ2n) is 9.41. The number of fused-ring (bicyclic) bond motifs is 1. The molecule has 36 heavy (non-hydrogen) atoms. The van der Waals surface area contributed by atoms with Gasteiger partial charge in [0, 0.05) is 30.6 Å². The van der Waals surface area contributed by atoms with Crippen LogP contribution in [0.15, 0.2) is 61.7 Å². The summed E-state index contributed by atoms with van der Waals surface area (Å²) in [7, 11) is 1.51. The zero-order chi connectivity index (χ0) is 26.1. The van der Waals surface area contributed by atoms with E-state index in [0.29, 0.717) is 33.9 Å². The van der Waals surface area contributed by atoms with E-state index in [9.17, 15) is 9.90 Å². The van der Waals surface area contributed by atoms with Crippen LogP contribution < -0.4 is 10.1 Å². The third-order valence-electron chi connectivity index (χ3n) is 5.67. The Balaban J connectivity index is 1.81. The van der Waals surface area contributed by atoms with Crippen LogP contribution in [-0.2, 0) is 12.2 Å². The molecule has 4 aromatic rings. The molecule has 0 saturated heterocycles. The summed E-state index contributed by atoms with van der Waals surface area (Å²) in [6.45, 7) is 8.60. The summed E-state index contributed by atoms with van der Waals surface area (Å²) in [5, 5.41) is 22.0. The normalized spacial score (nSPS) is 13.4. The van der Waals surface area contributed by atoms with Gasteiger partial charge >= 0.3 is 0 Å². The summed E-state index contributed by atoms with van der Waals surface area (Å²) in [6.07, 6.45) is 7.97. The first-order valence-corrected chi connectivity index (χ1v) is 11.4. The molecule has 188 valence electrons. The van der Waals surface area contributed by atoms with Gasteiger partial charge in [-0.1, -0.05) is 12.1 Å². The van der Waals surface area contributed by atoms with Crippen LogP contribution in [0.5, 0.6) is 5.75 Å². The van der Waals surface area contributed by atoms with Crippen molar-refractivity contribution in [2.75, 3.05) is 12.4 Å². The number of benzene rings is 1. The molecule has 1 amide bonds. The van der Waals surface area contributed by atoms with Crippen LogP contribution in [0.4, 0.5) is 10.1 Å². The Morgan fingerprint density at radius 1 is 1.33 bits per heavy atom. The Hall–Kier alpha value is -4.05. The first-order valence-electron chi connectivity index (χ1n) is 11.4. The number of nitrogens with one attached hydrogen (secondary N) is 1. The van der Waals surface area contributed by atoms with Crippen molar-refractivity contribution in [3.8, 4) is 17.0 Å². The number of anilines is 1. The van der Waals surface area contributed by atoms with Crippen LogP contribution >= 0.6 is 0 Å². The van der Waals surface area contributed by atoms with E-state index < -0.39 is 17.2 Å². The largest absolute Gasteiger partial charge is 0.496 e. The maximum atomic E-state index is 15.4. The average molecular weight is 493 g/mol. The number of halogens is 1. The topological polar surface area (TPSA) is 107 Å². The van der Waals surface area contributed by atoms with Gasteiger partial charge in [0.1, 0.15) is 22.7 Å². The third-order valence-corrected chi connectivity index (χ3v) is 5.67. The Kier molecular flexibility index (Phi) is 6.64. The number of ether oxygens (including phenoxy) is 1. The summed E-state index contributed by atoms with van der Waals surface area (Å²) in [5.41, 5.74) is -0.415. The number of aromatic nitrogens is 5. The van der Waals surface area contributed by atoms with E-state index in [1.54, 1.807) is 56.7 Å². The molecule has 3 heterocycles. The molecule has 0 radical (unpaired) electrons. The molecule has 10 heteroatoms. The number of aliphatic hydroxyl groups is 1. The van der Waals surface area contributed by atoms with Crippen molar-refractivity contribution in [3.63, 3.8) is 0 Å². The third kappa shape index (κ3) is 5.13. The first-order chi connectivity index (χ1) is 17.0. The van der Waals surface area contributed by atoms with Gasteiger partial charge in [0.15, 0.2) is 5.65 Å². The van der Waals surface area contributed by atoms with Gasteiger partial charge < -0.3 is 15.2 Å². The van der Waals surface area contributed by atoms with Gasteiger partial charge in [0.05, 0.1) is 31.1 Å². The van der Waals surface area contributed by atoms with E-state index >= 15 is 4.39 Å². The lowest BCUT2D eigenvalue weighted by molar-refractivity contribution is 0.0578. The minimum absolute atomic E-state index is 0.122. The van der Waals surface area contributed by atoms with Crippen molar-refractivity contribution >= 4 is 17.2 Å². The predicted molar refractivity (Wildman–Crippen MR) is 135 cm³/mol. The van der Waals surface area contributed by atoms with Crippen LogP contribution in [0, 0.1) is 0 Å². The summed E-state index contributed by atoms with van der Waals surface area (Å²) in [4.78, 5) is 17.5. The highest BCUT2D eigenvalue weighted by Crippen LogP contribution is 2.39. The van der Waals surface area contributed by atoms with Gasteiger partial charge in [-0.25, -0.2) is 13.9 Å². The molecular formula is C26H29FN6O3. The van der Waals surface area contributed by atoms with E-state index in [1.165, 1.54) is 35.5 Å². The second kappa shape index (κ2) is 9.54. The quantitative estimate of drug-likeness (QED) is 0.336. The summed E-state index contributed by atoms with van der Waals surface area (Å²) < 4.78 is 24.0. The van der Waals surface area contributed by atoms with E-state index in [2.05, 4.69) is 27.1 Å². The molecule has 0 aliphatic carbocycles. The standard InChI is InChI=1S/C26H29FN6O3/c1-6-10-26(4,27)17-8-9-21(36-5)18(13-17)22-20(15-32(31-22)16-25(2,3)35)30-24(34)19-14-29-33-12-7-11-28-23(19)33/h6-9,11-15,35H,1,10,16H2,2-5H3,(H,30,34). The molecule has 4 rings (SSSR count). The summed E-state index contributed by atoms with van der Waals surface area (Å²) in [5.74, 6) is 0.0136. The van der Waals surface area contributed by atoms with Gasteiger partial charge in [-0.3, -0.25) is 9.48 Å². The molecule has 0 saturated carbocycles. The van der Waals surface area contributed by atoms with Gasteiger partial charge in [-0.05, 0) is 44.5 Å². The number of hydrogen-bond donors (Lipinski definition) is 2. The number of allylic oxidation sites excluding steroid dienone is 1. The smallest absolute Gasteiger partial charge is 0.261 e.